The summed E-state index contributed by atoms with van der Waals surface area (Å²) in [5.41, 5.74) is 7.69. The van der Waals surface area contributed by atoms with E-state index in [1.165, 1.54) is 0 Å². The number of rotatable bonds is 4. The highest BCUT2D eigenvalue weighted by Crippen LogP contribution is 2.23. The molecule has 0 atom stereocenters. The van der Waals surface area contributed by atoms with E-state index in [4.69, 9.17) is 5.73 Å². The van der Waals surface area contributed by atoms with Crippen LogP contribution in [0, 0.1) is 0 Å². The number of benzene rings is 1. The second-order valence-electron chi connectivity index (χ2n) is 4.73. The van der Waals surface area contributed by atoms with Crippen molar-refractivity contribution in [2.45, 2.75) is 31.0 Å². The number of fused-ring (bicyclic) bond motifs is 1. The van der Waals surface area contributed by atoms with Gasteiger partial charge in [0.05, 0.1) is 16.6 Å². The predicted molar refractivity (Wildman–Crippen MR) is 72.1 cm³/mol. The fourth-order valence-electron chi connectivity index (χ4n) is 1.47. The molecule has 17 heavy (non-hydrogen) atoms. The maximum absolute atomic E-state index is 9.61. The molecule has 0 aliphatic heterocycles. The van der Waals surface area contributed by atoms with E-state index in [0.717, 1.165) is 34.1 Å². The van der Waals surface area contributed by atoms with Crippen molar-refractivity contribution in [3.8, 4) is 0 Å². The van der Waals surface area contributed by atoms with Crippen LogP contribution in [0.15, 0.2) is 23.4 Å². The number of hydrogen-bond acceptors (Lipinski definition) is 4. The smallest absolute Gasteiger partial charge is 0.166 e. The number of aliphatic hydroxyl groups is 1. The molecule has 0 aliphatic rings. The molecule has 0 radical (unpaired) electrons. The summed E-state index contributed by atoms with van der Waals surface area (Å²) in [6.07, 6.45) is 0.733. The van der Waals surface area contributed by atoms with Gasteiger partial charge in [0.1, 0.15) is 0 Å². The molecule has 1 aromatic carbocycles. The molecule has 0 fully saturated rings. The molecule has 1 heterocycles. The molecular formula is C12H17N3OS. The Hall–Kier alpha value is -1.20. The van der Waals surface area contributed by atoms with Gasteiger partial charge in [0.15, 0.2) is 5.16 Å². The number of thioether (sulfide) groups is 1. The summed E-state index contributed by atoms with van der Waals surface area (Å²) in [5, 5.41) is 10.5. The van der Waals surface area contributed by atoms with Crippen molar-refractivity contribution in [1.82, 2.24) is 9.97 Å². The van der Waals surface area contributed by atoms with Crippen molar-refractivity contribution in [2.24, 2.45) is 0 Å². The SMILES string of the molecule is CC(C)(O)CCSc1nc2ccc(N)cc2[nH]1. The number of nitrogens with one attached hydrogen (secondary N) is 1. The molecule has 0 saturated carbocycles. The zero-order chi connectivity index (χ0) is 12.5. The quantitative estimate of drug-likeness (QED) is 0.576. The van der Waals surface area contributed by atoms with Gasteiger partial charge >= 0.3 is 0 Å². The van der Waals surface area contributed by atoms with Gasteiger partial charge in [-0.05, 0) is 38.5 Å². The number of aromatic nitrogens is 2. The second-order valence-corrected chi connectivity index (χ2v) is 5.81. The Balaban J connectivity index is 2.05. The summed E-state index contributed by atoms with van der Waals surface area (Å²) in [5.74, 6) is 0.832. The summed E-state index contributed by atoms with van der Waals surface area (Å²) in [7, 11) is 0. The van der Waals surface area contributed by atoms with Gasteiger partial charge in [-0.15, -0.1) is 0 Å². The zero-order valence-electron chi connectivity index (χ0n) is 10.0. The van der Waals surface area contributed by atoms with Crippen LogP contribution in [0.4, 0.5) is 5.69 Å². The van der Waals surface area contributed by atoms with Crippen LogP contribution in [-0.4, -0.2) is 26.4 Å². The van der Waals surface area contributed by atoms with Crippen molar-refractivity contribution >= 4 is 28.5 Å². The summed E-state index contributed by atoms with van der Waals surface area (Å²) in [4.78, 5) is 7.66. The highest BCUT2D eigenvalue weighted by molar-refractivity contribution is 7.99. The van der Waals surface area contributed by atoms with Gasteiger partial charge in [-0.2, -0.15) is 0 Å². The lowest BCUT2D eigenvalue weighted by Crippen LogP contribution is -2.19. The molecule has 92 valence electrons. The second kappa shape index (κ2) is 4.58. The van der Waals surface area contributed by atoms with Crippen LogP contribution in [0.25, 0.3) is 11.0 Å². The molecule has 4 N–H and O–H groups in total. The third-order valence-electron chi connectivity index (χ3n) is 2.44. The minimum Gasteiger partial charge on any atom is -0.399 e. The number of nitrogens with zero attached hydrogens (tertiary/aromatic N) is 1. The standard InChI is InChI=1S/C12H17N3OS/c1-12(2,16)5-6-17-11-14-9-4-3-8(13)7-10(9)15-11/h3-4,7,16H,5-6,13H2,1-2H3,(H,14,15). The highest BCUT2D eigenvalue weighted by Gasteiger charge is 2.12. The maximum atomic E-state index is 9.61. The normalized spacial score (nSPS) is 12.2. The van der Waals surface area contributed by atoms with Gasteiger partial charge in [0.2, 0.25) is 0 Å². The molecule has 0 spiro atoms. The third kappa shape index (κ3) is 3.38. The van der Waals surface area contributed by atoms with Gasteiger partial charge < -0.3 is 15.8 Å². The van der Waals surface area contributed by atoms with E-state index in [-0.39, 0.29) is 0 Å². The van der Waals surface area contributed by atoms with Crippen LogP contribution in [0.5, 0.6) is 0 Å². The molecule has 5 heteroatoms. The van der Waals surface area contributed by atoms with Crippen molar-refractivity contribution in [1.29, 1.82) is 0 Å². The van der Waals surface area contributed by atoms with Crippen molar-refractivity contribution in [3.05, 3.63) is 18.2 Å². The van der Waals surface area contributed by atoms with Gasteiger partial charge in [0, 0.05) is 11.4 Å². The minimum absolute atomic E-state index is 0.622. The van der Waals surface area contributed by atoms with E-state index in [1.807, 2.05) is 32.0 Å². The van der Waals surface area contributed by atoms with Gasteiger partial charge in [-0.25, -0.2) is 4.98 Å². The van der Waals surface area contributed by atoms with E-state index in [0.29, 0.717) is 0 Å². The number of hydrogen-bond donors (Lipinski definition) is 3. The summed E-state index contributed by atoms with van der Waals surface area (Å²) in [6, 6.07) is 5.62. The maximum Gasteiger partial charge on any atom is 0.166 e. The van der Waals surface area contributed by atoms with Crippen LogP contribution >= 0.6 is 11.8 Å². The summed E-state index contributed by atoms with van der Waals surface area (Å²) < 4.78 is 0. The Bertz CT molecular complexity index is 516. The number of nitrogen functional groups attached to an aromatic ring is 1. The molecule has 0 aliphatic carbocycles. The molecule has 2 rings (SSSR count). The van der Waals surface area contributed by atoms with Crippen LogP contribution in [-0.2, 0) is 0 Å². The molecule has 0 saturated heterocycles. The number of nitrogens with two attached hydrogens (primary N) is 1. The van der Waals surface area contributed by atoms with E-state index in [9.17, 15) is 5.11 Å². The predicted octanol–water partition coefficient (Wildman–Crippen LogP) is 2.40. The average molecular weight is 251 g/mol. The lowest BCUT2D eigenvalue weighted by molar-refractivity contribution is 0.0777. The van der Waals surface area contributed by atoms with Crippen LogP contribution < -0.4 is 5.73 Å². The first-order chi connectivity index (χ1) is 7.94. The van der Waals surface area contributed by atoms with Gasteiger partial charge in [0.25, 0.3) is 0 Å². The first-order valence-corrected chi connectivity index (χ1v) is 6.53. The van der Waals surface area contributed by atoms with Crippen molar-refractivity contribution < 1.29 is 5.11 Å². The molecule has 2 aromatic rings. The van der Waals surface area contributed by atoms with E-state index in [1.54, 1.807) is 11.8 Å². The first kappa shape index (κ1) is 12.3. The monoisotopic (exact) mass is 251 g/mol. The Labute approximate surface area is 105 Å². The molecule has 0 amide bonds. The van der Waals surface area contributed by atoms with Gasteiger partial charge in [-0.3, -0.25) is 0 Å². The fourth-order valence-corrected chi connectivity index (χ4v) is 2.61. The first-order valence-electron chi connectivity index (χ1n) is 5.54. The Morgan fingerprint density at radius 2 is 2.24 bits per heavy atom. The number of aromatic amines is 1. The van der Waals surface area contributed by atoms with Crippen molar-refractivity contribution in [2.75, 3.05) is 11.5 Å². The average Bonchev–Trinajstić information content (AvgIpc) is 2.57. The Morgan fingerprint density at radius 3 is 2.94 bits per heavy atom. The number of anilines is 1. The highest BCUT2D eigenvalue weighted by atomic mass is 32.2. The molecular weight excluding hydrogens is 234 g/mol. The molecule has 1 aromatic heterocycles. The lowest BCUT2D eigenvalue weighted by atomic mass is 10.1. The molecule has 4 nitrogen and oxygen atoms in total. The lowest BCUT2D eigenvalue weighted by Gasteiger charge is -2.15. The third-order valence-corrected chi connectivity index (χ3v) is 3.31. The zero-order valence-corrected chi connectivity index (χ0v) is 10.8. The fraction of sp³-hybridized carbons (Fsp3) is 0.417. The van der Waals surface area contributed by atoms with Crippen LogP contribution in [0.3, 0.4) is 0 Å². The topological polar surface area (TPSA) is 74.9 Å². The van der Waals surface area contributed by atoms with Crippen LogP contribution in [0.1, 0.15) is 20.3 Å². The Morgan fingerprint density at radius 1 is 1.47 bits per heavy atom. The van der Waals surface area contributed by atoms with Crippen LogP contribution in [0.2, 0.25) is 0 Å². The van der Waals surface area contributed by atoms with E-state index in [2.05, 4.69) is 9.97 Å². The van der Waals surface area contributed by atoms with Crippen molar-refractivity contribution in [3.63, 3.8) is 0 Å². The molecule has 0 bridgehead atoms. The minimum atomic E-state index is -0.622. The summed E-state index contributed by atoms with van der Waals surface area (Å²) in [6.45, 7) is 3.62. The van der Waals surface area contributed by atoms with Gasteiger partial charge in [-0.1, -0.05) is 11.8 Å². The van der Waals surface area contributed by atoms with E-state index < -0.39 is 5.60 Å². The summed E-state index contributed by atoms with van der Waals surface area (Å²) >= 11 is 1.61. The molecule has 0 unspecified atom stereocenters. The van der Waals surface area contributed by atoms with E-state index >= 15 is 0 Å². The number of imidazole rings is 1. The Kier molecular flexibility index (Phi) is 3.31. The largest absolute Gasteiger partial charge is 0.399 e. The number of H-pyrrole nitrogens is 1.